The molecule has 0 radical (unpaired) electrons. The van der Waals surface area contributed by atoms with Gasteiger partial charge in [-0.25, -0.2) is 4.39 Å². The molecule has 1 aromatic rings. The van der Waals surface area contributed by atoms with Gasteiger partial charge in [0.25, 0.3) is 0 Å². The lowest BCUT2D eigenvalue weighted by Gasteiger charge is -2.43. The highest BCUT2D eigenvalue weighted by Gasteiger charge is 2.59. The van der Waals surface area contributed by atoms with E-state index in [0.717, 1.165) is 11.6 Å². The van der Waals surface area contributed by atoms with Gasteiger partial charge in [-0.05, 0) is 42.1 Å². The summed E-state index contributed by atoms with van der Waals surface area (Å²) >= 11 is 5.89. The Morgan fingerprint density at radius 1 is 1.35 bits per heavy atom. The zero-order valence-electron chi connectivity index (χ0n) is 12.3. The average Bonchev–Trinajstić information content (AvgIpc) is 2.82. The number of nitrogens with two attached hydrogens (primary N) is 1. The second-order valence-electron chi connectivity index (χ2n) is 7.35. The summed E-state index contributed by atoms with van der Waals surface area (Å²) in [7, 11) is 0. The van der Waals surface area contributed by atoms with Gasteiger partial charge in [-0.2, -0.15) is 0 Å². The van der Waals surface area contributed by atoms with Crippen molar-refractivity contribution in [3.8, 4) is 0 Å². The second-order valence-corrected chi connectivity index (χ2v) is 7.75. The van der Waals surface area contributed by atoms with Crippen molar-refractivity contribution in [1.82, 2.24) is 0 Å². The summed E-state index contributed by atoms with van der Waals surface area (Å²) in [5.74, 6) is 0.287. The number of nitrogens with one attached hydrogen (secondary N) is 1. The molecule has 4 heteroatoms. The van der Waals surface area contributed by atoms with Gasteiger partial charge in [-0.15, -0.1) is 0 Å². The van der Waals surface area contributed by atoms with Crippen LogP contribution in [-0.4, -0.2) is 6.04 Å². The van der Waals surface area contributed by atoms with Gasteiger partial charge in [0, 0.05) is 12.1 Å². The van der Waals surface area contributed by atoms with Crippen molar-refractivity contribution in [3.05, 3.63) is 23.0 Å². The van der Waals surface area contributed by atoms with Crippen LogP contribution in [0.1, 0.15) is 40.0 Å². The van der Waals surface area contributed by atoms with Gasteiger partial charge in [0.1, 0.15) is 5.82 Å². The highest BCUT2D eigenvalue weighted by atomic mass is 35.5. The number of fused-ring (bicyclic) bond motifs is 2. The van der Waals surface area contributed by atoms with E-state index in [1.807, 2.05) is 0 Å². The van der Waals surface area contributed by atoms with E-state index in [2.05, 4.69) is 26.1 Å². The number of hydrogen-bond donors (Lipinski definition) is 2. The van der Waals surface area contributed by atoms with Crippen molar-refractivity contribution < 1.29 is 4.39 Å². The third kappa shape index (κ3) is 1.90. The molecule has 3 rings (SSSR count). The summed E-state index contributed by atoms with van der Waals surface area (Å²) in [6.07, 6.45) is 3.81. The largest absolute Gasteiger partial charge is 0.397 e. The van der Waals surface area contributed by atoms with Gasteiger partial charge in [0.15, 0.2) is 0 Å². The van der Waals surface area contributed by atoms with Crippen LogP contribution >= 0.6 is 11.6 Å². The fourth-order valence-corrected chi connectivity index (χ4v) is 4.67. The molecule has 3 unspecified atom stereocenters. The van der Waals surface area contributed by atoms with Gasteiger partial charge in [-0.1, -0.05) is 32.4 Å². The summed E-state index contributed by atoms with van der Waals surface area (Å²) < 4.78 is 13.4. The first-order valence-electron chi connectivity index (χ1n) is 7.25. The Morgan fingerprint density at radius 3 is 2.65 bits per heavy atom. The standard InChI is InChI=1S/C16H22ClFN2/c1-15(2)9-4-5-16(3,8-9)14(15)20-13-6-10(17)11(18)7-12(13)19/h6-7,9,14,20H,4-5,8,19H2,1-3H3. The monoisotopic (exact) mass is 296 g/mol. The summed E-state index contributed by atoms with van der Waals surface area (Å²) in [4.78, 5) is 0. The molecule has 0 spiro atoms. The molecule has 3 N–H and O–H groups in total. The Labute approximate surface area is 124 Å². The number of anilines is 2. The van der Waals surface area contributed by atoms with Crippen LogP contribution in [0.4, 0.5) is 15.8 Å². The minimum atomic E-state index is -0.465. The van der Waals surface area contributed by atoms with Gasteiger partial charge in [0.05, 0.1) is 16.4 Å². The first-order chi connectivity index (χ1) is 9.24. The van der Waals surface area contributed by atoms with Gasteiger partial charge < -0.3 is 11.1 Å². The van der Waals surface area contributed by atoms with Crippen LogP contribution in [0.2, 0.25) is 5.02 Å². The van der Waals surface area contributed by atoms with Gasteiger partial charge in [0.2, 0.25) is 0 Å². The zero-order valence-corrected chi connectivity index (χ0v) is 13.0. The van der Waals surface area contributed by atoms with Gasteiger partial charge in [-0.3, -0.25) is 0 Å². The molecule has 3 atom stereocenters. The summed E-state index contributed by atoms with van der Waals surface area (Å²) in [6, 6.07) is 3.25. The molecule has 0 heterocycles. The Hall–Kier alpha value is -0.960. The zero-order chi connectivity index (χ0) is 14.7. The molecule has 0 aliphatic heterocycles. The smallest absolute Gasteiger partial charge is 0.143 e. The van der Waals surface area contributed by atoms with E-state index in [0.29, 0.717) is 17.1 Å². The third-order valence-electron chi connectivity index (χ3n) is 5.66. The molecule has 0 amide bonds. The first-order valence-corrected chi connectivity index (χ1v) is 7.63. The summed E-state index contributed by atoms with van der Waals surface area (Å²) in [5, 5.41) is 3.68. The molecule has 2 fully saturated rings. The topological polar surface area (TPSA) is 38.0 Å². The molecular weight excluding hydrogens is 275 g/mol. The normalized spacial score (nSPS) is 34.5. The van der Waals surface area contributed by atoms with Crippen LogP contribution in [0, 0.1) is 22.6 Å². The van der Waals surface area contributed by atoms with Crippen LogP contribution in [-0.2, 0) is 0 Å². The summed E-state index contributed by atoms with van der Waals surface area (Å²) in [5.41, 5.74) is 7.63. The predicted octanol–water partition coefficient (Wildman–Crippen LogP) is 4.69. The van der Waals surface area contributed by atoms with E-state index in [-0.39, 0.29) is 10.4 Å². The molecule has 2 saturated carbocycles. The average molecular weight is 297 g/mol. The van der Waals surface area contributed by atoms with Crippen LogP contribution in [0.3, 0.4) is 0 Å². The number of halogens is 2. The Balaban J connectivity index is 1.93. The van der Waals surface area contributed by atoms with E-state index in [9.17, 15) is 4.39 Å². The molecule has 2 bridgehead atoms. The third-order valence-corrected chi connectivity index (χ3v) is 5.95. The Bertz CT molecular complexity index is 553. The first kappa shape index (κ1) is 14.0. The van der Waals surface area contributed by atoms with Crippen LogP contribution in [0.5, 0.6) is 0 Å². The Kier molecular flexibility index (Phi) is 2.99. The number of nitrogen functional groups attached to an aromatic ring is 1. The van der Waals surface area contributed by atoms with Crippen LogP contribution in [0.25, 0.3) is 0 Å². The minimum Gasteiger partial charge on any atom is -0.397 e. The molecule has 0 saturated heterocycles. The fraction of sp³-hybridized carbons (Fsp3) is 0.625. The van der Waals surface area contributed by atoms with E-state index in [1.54, 1.807) is 6.07 Å². The number of benzene rings is 1. The summed E-state index contributed by atoms with van der Waals surface area (Å²) in [6.45, 7) is 6.99. The van der Waals surface area contributed by atoms with E-state index in [1.165, 1.54) is 25.3 Å². The van der Waals surface area contributed by atoms with Crippen LogP contribution < -0.4 is 11.1 Å². The van der Waals surface area contributed by atoms with Crippen molar-refractivity contribution in [2.45, 2.75) is 46.1 Å². The van der Waals surface area contributed by atoms with E-state index >= 15 is 0 Å². The second kappa shape index (κ2) is 4.27. The molecular formula is C16H22ClFN2. The van der Waals surface area contributed by atoms with Crippen molar-refractivity contribution in [2.75, 3.05) is 11.1 Å². The lowest BCUT2D eigenvalue weighted by Crippen LogP contribution is -2.45. The molecule has 0 aromatic heterocycles. The highest BCUT2D eigenvalue weighted by molar-refractivity contribution is 6.31. The minimum absolute atomic E-state index is 0.118. The molecule has 2 nitrogen and oxygen atoms in total. The van der Waals surface area contributed by atoms with Crippen molar-refractivity contribution in [3.63, 3.8) is 0 Å². The van der Waals surface area contributed by atoms with Gasteiger partial charge >= 0.3 is 0 Å². The van der Waals surface area contributed by atoms with Crippen LogP contribution in [0.15, 0.2) is 12.1 Å². The lowest BCUT2D eigenvalue weighted by molar-refractivity contribution is 0.155. The number of hydrogen-bond acceptors (Lipinski definition) is 2. The highest BCUT2D eigenvalue weighted by Crippen LogP contribution is 2.63. The quantitative estimate of drug-likeness (QED) is 0.777. The maximum absolute atomic E-state index is 13.4. The molecule has 2 aliphatic rings. The van der Waals surface area contributed by atoms with Crippen molar-refractivity contribution in [1.29, 1.82) is 0 Å². The fourth-order valence-electron chi connectivity index (χ4n) is 4.50. The van der Waals surface area contributed by atoms with E-state index in [4.69, 9.17) is 17.3 Å². The molecule has 110 valence electrons. The maximum atomic E-state index is 13.4. The SMILES string of the molecule is CC12CCC(C1)C(C)(C)C2Nc1cc(Cl)c(F)cc1N. The molecule has 2 aliphatic carbocycles. The predicted molar refractivity (Wildman–Crippen MR) is 82.5 cm³/mol. The van der Waals surface area contributed by atoms with Crippen molar-refractivity contribution >= 4 is 23.0 Å². The Morgan fingerprint density at radius 2 is 2.05 bits per heavy atom. The maximum Gasteiger partial charge on any atom is 0.143 e. The van der Waals surface area contributed by atoms with E-state index < -0.39 is 5.82 Å². The molecule has 20 heavy (non-hydrogen) atoms. The number of rotatable bonds is 2. The van der Waals surface area contributed by atoms with Crippen molar-refractivity contribution in [2.24, 2.45) is 16.7 Å². The lowest BCUT2D eigenvalue weighted by atomic mass is 9.68. The molecule has 1 aromatic carbocycles.